The number of aliphatic hydroxyl groups is 1. The van der Waals surface area contributed by atoms with Gasteiger partial charge in [0.15, 0.2) is 0 Å². The van der Waals surface area contributed by atoms with E-state index in [2.05, 4.69) is 15.9 Å². The molecule has 0 aliphatic rings. The molecule has 0 bridgehead atoms. The van der Waals surface area contributed by atoms with Crippen LogP contribution in [0.4, 0.5) is 0 Å². The molecule has 0 radical (unpaired) electrons. The molecule has 0 fully saturated rings. The molecule has 2 rings (SSSR count). The summed E-state index contributed by atoms with van der Waals surface area (Å²) in [6.45, 7) is 5.79. The van der Waals surface area contributed by atoms with Gasteiger partial charge in [0.2, 0.25) is 0 Å². The highest BCUT2D eigenvalue weighted by atomic mass is 79.9. The second-order valence-electron chi connectivity index (χ2n) is 3.80. The van der Waals surface area contributed by atoms with Gasteiger partial charge < -0.3 is 9.52 Å². The van der Waals surface area contributed by atoms with Crippen molar-refractivity contribution in [3.8, 4) is 0 Å². The number of hydrogen-bond donors (Lipinski definition) is 1. The van der Waals surface area contributed by atoms with Gasteiger partial charge in [0.05, 0.1) is 3.79 Å². The van der Waals surface area contributed by atoms with Crippen LogP contribution in [-0.2, 0) is 0 Å². The first-order valence-electron chi connectivity index (χ1n) is 5.00. The van der Waals surface area contributed by atoms with E-state index in [9.17, 15) is 5.11 Å². The highest BCUT2D eigenvalue weighted by Crippen LogP contribution is 2.35. The van der Waals surface area contributed by atoms with Gasteiger partial charge in [-0.1, -0.05) is 0 Å². The highest BCUT2D eigenvalue weighted by Gasteiger charge is 2.21. The Morgan fingerprint density at radius 2 is 1.94 bits per heavy atom. The number of rotatable bonds is 2. The largest absolute Gasteiger partial charge is 0.466 e. The monoisotopic (exact) mass is 300 g/mol. The standard InChI is InChI=1S/C12H13BrO2S/c1-6-7(2)15-8(3)11(6)12(14)9-4-5-10(13)16-9/h4-5,12,14H,1-3H3. The molecule has 0 aliphatic carbocycles. The van der Waals surface area contributed by atoms with Crippen molar-refractivity contribution in [1.82, 2.24) is 0 Å². The SMILES string of the molecule is Cc1oc(C)c(C(O)c2ccc(Br)s2)c1C. The van der Waals surface area contributed by atoms with Crippen LogP contribution in [0.3, 0.4) is 0 Å². The fraction of sp³-hybridized carbons (Fsp3) is 0.333. The van der Waals surface area contributed by atoms with Crippen LogP contribution < -0.4 is 0 Å². The Balaban J connectivity index is 2.44. The van der Waals surface area contributed by atoms with E-state index < -0.39 is 6.10 Å². The molecule has 0 amide bonds. The van der Waals surface area contributed by atoms with Crippen LogP contribution in [0.1, 0.15) is 33.6 Å². The summed E-state index contributed by atoms with van der Waals surface area (Å²) in [5.74, 6) is 1.68. The fourth-order valence-electron chi connectivity index (χ4n) is 1.83. The molecule has 0 spiro atoms. The van der Waals surface area contributed by atoms with E-state index in [-0.39, 0.29) is 0 Å². The lowest BCUT2D eigenvalue weighted by molar-refractivity contribution is 0.221. The average Bonchev–Trinajstić information content (AvgIpc) is 2.73. The number of hydrogen-bond acceptors (Lipinski definition) is 3. The smallest absolute Gasteiger partial charge is 0.117 e. The minimum atomic E-state index is -0.589. The average molecular weight is 301 g/mol. The van der Waals surface area contributed by atoms with Crippen LogP contribution in [0.15, 0.2) is 20.3 Å². The van der Waals surface area contributed by atoms with E-state index >= 15 is 0 Å². The third-order valence-corrected chi connectivity index (χ3v) is 4.43. The summed E-state index contributed by atoms with van der Waals surface area (Å²) in [5.41, 5.74) is 1.93. The Morgan fingerprint density at radius 3 is 2.38 bits per heavy atom. The first-order valence-corrected chi connectivity index (χ1v) is 6.61. The molecule has 1 unspecified atom stereocenters. The molecule has 0 aromatic carbocycles. The van der Waals surface area contributed by atoms with Crippen LogP contribution in [0.5, 0.6) is 0 Å². The Kier molecular flexibility index (Phi) is 3.24. The second-order valence-corrected chi connectivity index (χ2v) is 6.29. The van der Waals surface area contributed by atoms with Gasteiger partial charge in [-0.25, -0.2) is 0 Å². The molecule has 86 valence electrons. The zero-order valence-corrected chi connectivity index (χ0v) is 11.8. The van der Waals surface area contributed by atoms with Gasteiger partial charge in [-0.2, -0.15) is 0 Å². The molecule has 1 atom stereocenters. The molecule has 1 N–H and O–H groups in total. The van der Waals surface area contributed by atoms with Gasteiger partial charge in [0.1, 0.15) is 17.6 Å². The lowest BCUT2D eigenvalue weighted by Gasteiger charge is -2.08. The fourth-order valence-corrected chi connectivity index (χ4v) is 3.25. The minimum Gasteiger partial charge on any atom is -0.466 e. The van der Waals surface area contributed by atoms with Gasteiger partial charge in [-0.3, -0.25) is 0 Å². The molecular weight excluding hydrogens is 288 g/mol. The van der Waals surface area contributed by atoms with Gasteiger partial charge in [0.25, 0.3) is 0 Å². The van der Waals surface area contributed by atoms with Gasteiger partial charge in [-0.05, 0) is 54.4 Å². The van der Waals surface area contributed by atoms with Crippen molar-refractivity contribution in [2.45, 2.75) is 26.9 Å². The zero-order chi connectivity index (χ0) is 11.9. The minimum absolute atomic E-state index is 0.589. The van der Waals surface area contributed by atoms with Crippen molar-refractivity contribution < 1.29 is 9.52 Å². The van der Waals surface area contributed by atoms with Gasteiger partial charge in [0, 0.05) is 10.4 Å². The molecule has 16 heavy (non-hydrogen) atoms. The van der Waals surface area contributed by atoms with Crippen LogP contribution in [0.2, 0.25) is 0 Å². The zero-order valence-electron chi connectivity index (χ0n) is 9.37. The van der Waals surface area contributed by atoms with E-state index in [1.54, 1.807) is 11.3 Å². The summed E-state index contributed by atoms with van der Waals surface area (Å²) in [6, 6.07) is 3.88. The molecule has 0 saturated carbocycles. The normalized spacial score (nSPS) is 13.1. The van der Waals surface area contributed by atoms with E-state index in [4.69, 9.17) is 4.42 Å². The molecule has 0 aliphatic heterocycles. The number of furan rings is 1. The Morgan fingerprint density at radius 1 is 1.25 bits per heavy atom. The van der Waals surface area contributed by atoms with E-state index in [0.717, 1.165) is 31.3 Å². The van der Waals surface area contributed by atoms with Crippen molar-refractivity contribution in [1.29, 1.82) is 0 Å². The van der Waals surface area contributed by atoms with Crippen molar-refractivity contribution in [3.05, 3.63) is 43.4 Å². The van der Waals surface area contributed by atoms with Crippen molar-refractivity contribution >= 4 is 27.3 Å². The predicted molar refractivity (Wildman–Crippen MR) is 69.0 cm³/mol. The quantitative estimate of drug-likeness (QED) is 0.905. The summed E-state index contributed by atoms with van der Waals surface area (Å²) in [4.78, 5) is 0.930. The Bertz CT molecular complexity index is 513. The van der Waals surface area contributed by atoms with Crippen LogP contribution in [0, 0.1) is 20.8 Å². The summed E-state index contributed by atoms with van der Waals surface area (Å²) in [7, 11) is 0. The number of aryl methyl sites for hydroxylation is 2. The van der Waals surface area contributed by atoms with Gasteiger partial charge in [-0.15, -0.1) is 11.3 Å². The van der Waals surface area contributed by atoms with Crippen molar-refractivity contribution in [3.63, 3.8) is 0 Å². The third-order valence-electron chi connectivity index (χ3n) is 2.75. The molecule has 4 heteroatoms. The lowest BCUT2D eigenvalue weighted by atomic mass is 10.0. The Labute approximate surface area is 107 Å². The van der Waals surface area contributed by atoms with Crippen molar-refractivity contribution in [2.24, 2.45) is 0 Å². The maximum absolute atomic E-state index is 10.3. The van der Waals surface area contributed by atoms with Crippen LogP contribution >= 0.6 is 27.3 Å². The lowest BCUT2D eigenvalue weighted by Crippen LogP contribution is -1.99. The van der Waals surface area contributed by atoms with Crippen molar-refractivity contribution in [2.75, 3.05) is 0 Å². The summed E-state index contributed by atoms with van der Waals surface area (Å²) in [5, 5.41) is 10.3. The number of thiophene rings is 1. The third kappa shape index (κ3) is 1.97. The highest BCUT2D eigenvalue weighted by molar-refractivity contribution is 9.11. The van der Waals surface area contributed by atoms with E-state index in [1.165, 1.54) is 0 Å². The first-order chi connectivity index (χ1) is 7.50. The van der Waals surface area contributed by atoms with Gasteiger partial charge >= 0.3 is 0 Å². The molecule has 2 nitrogen and oxygen atoms in total. The van der Waals surface area contributed by atoms with E-state index in [0.29, 0.717) is 0 Å². The molecule has 2 aromatic rings. The molecule has 2 heterocycles. The topological polar surface area (TPSA) is 33.4 Å². The summed E-state index contributed by atoms with van der Waals surface area (Å²) >= 11 is 4.94. The van der Waals surface area contributed by atoms with Crippen LogP contribution in [0.25, 0.3) is 0 Å². The predicted octanol–water partition coefficient (Wildman–Crippen LogP) is 4.11. The molecule has 2 aromatic heterocycles. The number of aliphatic hydroxyl groups excluding tert-OH is 1. The summed E-state index contributed by atoms with van der Waals surface area (Å²) in [6.07, 6.45) is -0.589. The summed E-state index contributed by atoms with van der Waals surface area (Å²) < 4.78 is 6.55. The van der Waals surface area contributed by atoms with Crippen LogP contribution in [-0.4, -0.2) is 5.11 Å². The molecular formula is C12H13BrO2S. The Hall–Kier alpha value is -0.580. The maximum Gasteiger partial charge on any atom is 0.117 e. The second kappa shape index (κ2) is 4.35. The molecule has 0 saturated heterocycles. The maximum atomic E-state index is 10.3. The van der Waals surface area contributed by atoms with E-state index in [1.807, 2.05) is 32.9 Å². The number of halogens is 1. The first kappa shape index (κ1) is 11.9.